The number of ether oxygens (including phenoxy) is 2. The molecule has 0 saturated heterocycles. The van der Waals surface area contributed by atoms with E-state index in [1.54, 1.807) is 0 Å². The fourth-order valence-corrected chi connectivity index (χ4v) is 2.47. The molecule has 0 aromatic heterocycles. The van der Waals surface area contributed by atoms with Crippen molar-refractivity contribution in [3.63, 3.8) is 0 Å². The molecule has 1 aromatic carbocycles. The van der Waals surface area contributed by atoms with E-state index in [1.807, 2.05) is 19.9 Å². The van der Waals surface area contributed by atoms with E-state index in [0.29, 0.717) is 13.2 Å². The minimum Gasteiger partial charge on any atom is -0.490 e. The Kier molecular flexibility index (Phi) is 5.41. The summed E-state index contributed by atoms with van der Waals surface area (Å²) in [6.07, 6.45) is 2.49. The highest BCUT2D eigenvalue weighted by Crippen LogP contribution is 2.33. The van der Waals surface area contributed by atoms with Crippen LogP contribution in [0, 0.1) is 0 Å². The minimum atomic E-state index is 0.198. The average molecular weight is 277 g/mol. The first-order chi connectivity index (χ1) is 9.80. The summed E-state index contributed by atoms with van der Waals surface area (Å²) >= 11 is 0. The minimum absolute atomic E-state index is 0.198. The van der Waals surface area contributed by atoms with Crippen molar-refractivity contribution in [3.05, 3.63) is 23.3 Å². The lowest BCUT2D eigenvalue weighted by molar-refractivity contribution is 0.287. The van der Waals surface area contributed by atoms with Crippen molar-refractivity contribution in [2.45, 2.75) is 33.1 Å². The van der Waals surface area contributed by atoms with Crippen molar-refractivity contribution in [1.82, 2.24) is 0 Å². The Balaban J connectivity index is 2.34. The highest BCUT2D eigenvalue weighted by molar-refractivity contribution is 6.03. The highest BCUT2D eigenvalue weighted by Gasteiger charge is 2.18. The fraction of sp³-hybridized carbons (Fsp3) is 0.562. The van der Waals surface area contributed by atoms with Gasteiger partial charge < -0.3 is 14.6 Å². The maximum absolute atomic E-state index is 9.00. The lowest BCUT2D eigenvalue weighted by Crippen LogP contribution is -2.14. The van der Waals surface area contributed by atoms with Gasteiger partial charge in [0.05, 0.1) is 13.2 Å². The second-order valence-corrected chi connectivity index (χ2v) is 4.73. The number of benzene rings is 1. The molecule has 1 N–H and O–H groups in total. The van der Waals surface area contributed by atoms with E-state index in [4.69, 9.17) is 14.6 Å². The summed E-state index contributed by atoms with van der Waals surface area (Å²) in [5.74, 6) is 1.60. The molecule has 0 saturated carbocycles. The normalized spacial score (nSPS) is 13.7. The number of aliphatic hydroxyl groups is 1. The first-order valence-electron chi connectivity index (χ1n) is 7.37. The van der Waals surface area contributed by atoms with E-state index in [2.05, 4.69) is 11.1 Å². The Morgan fingerprint density at radius 1 is 1.15 bits per heavy atom. The van der Waals surface area contributed by atoms with Gasteiger partial charge in [-0.25, -0.2) is 0 Å². The average Bonchev–Trinajstić information content (AvgIpc) is 2.46. The first kappa shape index (κ1) is 14.9. The van der Waals surface area contributed by atoms with Crippen molar-refractivity contribution < 1.29 is 14.6 Å². The van der Waals surface area contributed by atoms with Gasteiger partial charge >= 0.3 is 0 Å². The molecular weight excluding hydrogens is 254 g/mol. The molecule has 1 aliphatic rings. The number of hydrogen-bond acceptors (Lipinski definition) is 4. The van der Waals surface area contributed by atoms with Gasteiger partial charge in [-0.05, 0) is 50.8 Å². The zero-order valence-corrected chi connectivity index (χ0v) is 12.3. The lowest BCUT2D eigenvalue weighted by Gasteiger charge is -2.20. The van der Waals surface area contributed by atoms with Crippen LogP contribution in [0.5, 0.6) is 11.5 Å². The van der Waals surface area contributed by atoms with Crippen LogP contribution in [0.4, 0.5) is 0 Å². The zero-order valence-electron chi connectivity index (χ0n) is 12.3. The largest absolute Gasteiger partial charge is 0.490 e. The van der Waals surface area contributed by atoms with E-state index in [0.717, 1.165) is 48.6 Å². The summed E-state index contributed by atoms with van der Waals surface area (Å²) in [7, 11) is 0. The zero-order chi connectivity index (χ0) is 14.4. The standard InChI is InChI=1S/C16H23NO3/c1-3-19-15-10-12-7-8-17-14(6-5-9-18)13(12)11-16(15)20-4-2/h10-11,18H,3-9H2,1-2H3. The molecule has 1 aromatic rings. The van der Waals surface area contributed by atoms with E-state index in [-0.39, 0.29) is 6.61 Å². The summed E-state index contributed by atoms with van der Waals surface area (Å²) in [6, 6.07) is 4.12. The molecule has 0 aliphatic carbocycles. The van der Waals surface area contributed by atoms with Crippen molar-refractivity contribution in [3.8, 4) is 11.5 Å². The van der Waals surface area contributed by atoms with Crippen LogP contribution in [-0.2, 0) is 6.42 Å². The molecule has 0 bridgehead atoms. The maximum Gasteiger partial charge on any atom is 0.161 e. The Labute approximate surface area is 120 Å². The lowest BCUT2D eigenvalue weighted by atomic mass is 9.94. The summed E-state index contributed by atoms with van der Waals surface area (Å²) in [6.45, 7) is 6.20. The molecule has 0 fully saturated rings. The van der Waals surface area contributed by atoms with Crippen molar-refractivity contribution in [2.75, 3.05) is 26.4 Å². The Hall–Kier alpha value is -1.55. The molecule has 0 radical (unpaired) electrons. The maximum atomic E-state index is 9.00. The van der Waals surface area contributed by atoms with Crippen molar-refractivity contribution in [1.29, 1.82) is 0 Å². The van der Waals surface area contributed by atoms with Gasteiger partial charge in [0, 0.05) is 24.4 Å². The summed E-state index contributed by atoms with van der Waals surface area (Å²) < 4.78 is 11.3. The molecule has 110 valence electrons. The monoisotopic (exact) mass is 277 g/mol. The number of rotatable bonds is 7. The topological polar surface area (TPSA) is 51.0 Å². The number of fused-ring (bicyclic) bond motifs is 1. The van der Waals surface area contributed by atoms with Gasteiger partial charge in [0.2, 0.25) is 0 Å². The third-order valence-corrected chi connectivity index (χ3v) is 3.34. The van der Waals surface area contributed by atoms with Crippen molar-refractivity contribution >= 4 is 5.71 Å². The molecular formula is C16H23NO3. The van der Waals surface area contributed by atoms with Crippen LogP contribution in [0.2, 0.25) is 0 Å². The van der Waals surface area contributed by atoms with E-state index < -0.39 is 0 Å². The van der Waals surface area contributed by atoms with Crippen LogP contribution in [-0.4, -0.2) is 37.2 Å². The number of nitrogens with zero attached hydrogens (tertiary/aromatic N) is 1. The number of aliphatic imine (C=N–C) groups is 1. The number of hydrogen-bond donors (Lipinski definition) is 1. The molecule has 1 aliphatic heterocycles. The first-order valence-corrected chi connectivity index (χ1v) is 7.37. The third kappa shape index (κ3) is 3.31. The SMILES string of the molecule is CCOc1cc2c(cc1OCC)C(CCCO)=NCC2. The van der Waals surface area contributed by atoms with Gasteiger partial charge in [0.15, 0.2) is 11.5 Å². The number of aliphatic hydroxyl groups excluding tert-OH is 1. The Morgan fingerprint density at radius 2 is 1.85 bits per heavy atom. The van der Waals surface area contributed by atoms with Gasteiger partial charge in [-0.1, -0.05) is 0 Å². The molecule has 4 nitrogen and oxygen atoms in total. The molecule has 2 rings (SSSR count). The van der Waals surface area contributed by atoms with Crippen LogP contribution < -0.4 is 9.47 Å². The molecule has 1 heterocycles. The van der Waals surface area contributed by atoms with Crippen molar-refractivity contribution in [2.24, 2.45) is 4.99 Å². The van der Waals surface area contributed by atoms with Gasteiger partial charge in [0.1, 0.15) is 0 Å². The molecule has 0 atom stereocenters. The smallest absolute Gasteiger partial charge is 0.161 e. The van der Waals surface area contributed by atoms with Crippen LogP contribution in [0.1, 0.15) is 37.8 Å². The molecule has 4 heteroatoms. The van der Waals surface area contributed by atoms with Gasteiger partial charge in [-0.2, -0.15) is 0 Å². The molecule has 0 amide bonds. The fourth-order valence-electron chi connectivity index (χ4n) is 2.47. The van der Waals surface area contributed by atoms with Crippen LogP contribution in [0.25, 0.3) is 0 Å². The highest BCUT2D eigenvalue weighted by atomic mass is 16.5. The van der Waals surface area contributed by atoms with Crippen LogP contribution in [0.3, 0.4) is 0 Å². The van der Waals surface area contributed by atoms with Gasteiger partial charge in [0.25, 0.3) is 0 Å². The van der Waals surface area contributed by atoms with Gasteiger partial charge in [-0.3, -0.25) is 4.99 Å². The Bertz CT molecular complexity index is 483. The second-order valence-electron chi connectivity index (χ2n) is 4.73. The second kappa shape index (κ2) is 7.29. The predicted molar refractivity (Wildman–Crippen MR) is 80.2 cm³/mol. The summed E-state index contributed by atoms with van der Waals surface area (Å²) in [4.78, 5) is 4.59. The summed E-state index contributed by atoms with van der Waals surface area (Å²) in [5, 5.41) is 9.00. The third-order valence-electron chi connectivity index (χ3n) is 3.34. The quantitative estimate of drug-likeness (QED) is 0.833. The van der Waals surface area contributed by atoms with Crippen LogP contribution in [0.15, 0.2) is 17.1 Å². The van der Waals surface area contributed by atoms with E-state index >= 15 is 0 Å². The molecule has 0 unspecified atom stereocenters. The van der Waals surface area contributed by atoms with E-state index in [9.17, 15) is 0 Å². The van der Waals surface area contributed by atoms with E-state index in [1.165, 1.54) is 5.56 Å². The molecule has 0 spiro atoms. The predicted octanol–water partition coefficient (Wildman–Crippen LogP) is 2.60. The van der Waals surface area contributed by atoms with Crippen LogP contribution >= 0.6 is 0 Å². The Morgan fingerprint density at radius 3 is 2.50 bits per heavy atom. The van der Waals surface area contributed by atoms with Gasteiger partial charge in [-0.15, -0.1) is 0 Å². The molecule has 20 heavy (non-hydrogen) atoms. The summed E-state index contributed by atoms with van der Waals surface area (Å²) in [5.41, 5.74) is 3.49.